The molecule has 1 heterocycles. The average Bonchev–Trinajstić information content (AvgIpc) is 2.38. The first-order valence-corrected chi connectivity index (χ1v) is 7.25. The molecule has 0 unspecified atom stereocenters. The maximum Gasteiger partial charge on any atom is 0.0398 e. The van der Waals surface area contributed by atoms with Crippen LogP contribution in [0.25, 0.3) is 0 Å². The van der Waals surface area contributed by atoms with Crippen molar-refractivity contribution < 1.29 is 0 Å². The second-order valence-corrected chi connectivity index (χ2v) is 5.58. The van der Waals surface area contributed by atoms with E-state index in [1.807, 2.05) is 0 Å². The maximum absolute atomic E-state index is 2.58. The van der Waals surface area contributed by atoms with E-state index in [0.29, 0.717) is 0 Å². The van der Waals surface area contributed by atoms with E-state index in [1.165, 1.54) is 63.0 Å². The number of aryl methyl sites for hydroxylation is 1. The Morgan fingerprint density at radius 3 is 2.78 bits per heavy atom. The van der Waals surface area contributed by atoms with Gasteiger partial charge in [-0.2, -0.15) is 0 Å². The van der Waals surface area contributed by atoms with E-state index in [9.17, 15) is 0 Å². The number of anilines is 1. The molecule has 2 rings (SSSR count). The molecule has 2 heteroatoms. The summed E-state index contributed by atoms with van der Waals surface area (Å²) in [5.41, 5.74) is 3.02. The summed E-state index contributed by atoms with van der Waals surface area (Å²) in [6.45, 7) is 3.69. The summed E-state index contributed by atoms with van der Waals surface area (Å²) in [6.07, 6.45) is 6.56. The number of rotatable bonds is 6. The maximum atomic E-state index is 2.58. The van der Waals surface area contributed by atoms with Crippen molar-refractivity contribution in [2.24, 2.45) is 0 Å². The first-order valence-electron chi connectivity index (χ1n) is 7.25. The first kappa shape index (κ1) is 13.4. The molecule has 0 N–H and O–H groups in total. The second kappa shape index (κ2) is 6.79. The van der Waals surface area contributed by atoms with E-state index in [-0.39, 0.29) is 0 Å². The fourth-order valence-corrected chi connectivity index (χ4v) is 2.75. The Labute approximate surface area is 112 Å². The van der Waals surface area contributed by atoms with Gasteiger partial charge in [0.25, 0.3) is 0 Å². The third-order valence-corrected chi connectivity index (χ3v) is 3.74. The highest BCUT2D eigenvalue weighted by atomic mass is 15.1. The zero-order valence-electron chi connectivity index (χ0n) is 11.9. The van der Waals surface area contributed by atoms with Crippen LogP contribution in [0.2, 0.25) is 0 Å². The summed E-state index contributed by atoms with van der Waals surface area (Å²) in [7, 11) is 4.31. The summed E-state index contributed by atoms with van der Waals surface area (Å²) in [5, 5.41) is 0. The Hall–Kier alpha value is -1.02. The van der Waals surface area contributed by atoms with Crippen molar-refractivity contribution in [3.05, 3.63) is 29.8 Å². The molecule has 18 heavy (non-hydrogen) atoms. The van der Waals surface area contributed by atoms with Crippen LogP contribution in [0.15, 0.2) is 24.3 Å². The molecule has 0 atom stereocenters. The lowest BCUT2D eigenvalue weighted by atomic mass is 10.0. The third-order valence-electron chi connectivity index (χ3n) is 3.74. The zero-order chi connectivity index (χ0) is 12.8. The van der Waals surface area contributed by atoms with Gasteiger partial charge >= 0.3 is 0 Å². The number of benzene rings is 1. The molecule has 0 radical (unpaired) electrons. The van der Waals surface area contributed by atoms with Crippen LogP contribution < -0.4 is 4.90 Å². The van der Waals surface area contributed by atoms with Crippen molar-refractivity contribution in [2.45, 2.75) is 32.1 Å². The standard InChI is InChI=1S/C16H26N2/c1-17(2)12-6-3-7-13-18-14-8-10-15-9-4-5-11-16(15)18/h4-5,9,11H,3,6-8,10,12-14H2,1-2H3. The van der Waals surface area contributed by atoms with Gasteiger partial charge in [-0.3, -0.25) is 0 Å². The molecule has 2 nitrogen and oxygen atoms in total. The van der Waals surface area contributed by atoms with Gasteiger partial charge in [0.15, 0.2) is 0 Å². The van der Waals surface area contributed by atoms with Gasteiger partial charge in [0.2, 0.25) is 0 Å². The molecule has 1 aromatic carbocycles. The van der Waals surface area contributed by atoms with Gasteiger partial charge in [0.05, 0.1) is 0 Å². The van der Waals surface area contributed by atoms with Gasteiger partial charge in [-0.15, -0.1) is 0 Å². The van der Waals surface area contributed by atoms with E-state index in [4.69, 9.17) is 0 Å². The van der Waals surface area contributed by atoms with E-state index < -0.39 is 0 Å². The van der Waals surface area contributed by atoms with E-state index in [2.05, 4.69) is 48.2 Å². The normalized spacial score (nSPS) is 14.9. The molecular formula is C16H26N2. The van der Waals surface area contributed by atoms with Gasteiger partial charge in [-0.25, -0.2) is 0 Å². The van der Waals surface area contributed by atoms with Crippen molar-refractivity contribution in [2.75, 3.05) is 38.6 Å². The molecule has 0 fully saturated rings. The lowest BCUT2D eigenvalue weighted by molar-refractivity contribution is 0.391. The molecule has 1 aliphatic rings. The quantitative estimate of drug-likeness (QED) is 0.711. The largest absolute Gasteiger partial charge is 0.371 e. The lowest BCUT2D eigenvalue weighted by Crippen LogP contribution is -2.30. The van der Waals surface area contributed by atoms with Crippen LogP contribution in [0.5, 0.6) is 0 Å². The molecule has 100 valence electrons. The number of fused-ring (bicyclic) bond motifs is 1. The highest BCUT2D eigenvalue weighted by Crippen LogP contribution is 2.26. The average molecular weight is 246 g/mol. The minimum absolute atomic E-state index is 1.22. The fourth-order valence-electron chi connectivity index (χ4n) is 2.75. The summed E-state index contributed by atoms with van der Waals surface area (Å²) in [5.74, 6) is 0. The fraction of sp³-hybridized carbons (Fsp3) is 0.625. The monoisotopic (exact) mass is 246 g/mol. The Morgan fingerprint density at radius 2 is 1.94 bits per heavy atom. The van der Waals surface area contributed by atoms with Gasteiger partial charge in [0, 0.05) is 18.8 Å². The summed E-state index contributed by atoms with van der Waals surface area (Å²) in [6, 6.07) is 8.91. The predicted octanol–water partition coefficient (Wildman–Crippen LogP) is 3.17. The summed E-state index contributed by atoms with van der Waals surface area (Å²) >= 11 is 0. The first-order chi connectivity index (χ1) is 8.77. The highest BCUT2D eigenvalue weighted by Gasteiger charge is 2.15. The van der Waals surface area contributed by atoms with Crippen molar-refractivity contribution in [3.63, 3.8) is 0 Å². The zero-order valence-corrected chi connectivity index (χ0v) is 11.9. The van der Waals surface area contributed by atoms with Gasteiger partial charge < -0.3 is 9.80 Å². The Kier molecular flexibility index (Phi) is 5.06. The predicted molar refractivity (Wildman–Crippen MR) is 79.4 cm³/mol. The molecule has 0 bridgehead atoms. The topological polar surface area (TPSA) is 6.48 Å². The number of hydrogen-bond acceptors (Lipinski definition) is 2. The summed E-state index contributed by atoms with van der Waals surface area (Å²) in [4.78, 5) is 4.85. The molecule has 0 spiro atoms. The summed E-state index contributed by atoms with van der Waals surface area (Å²) < 4.78 is 0. The number of hydrogen-bond donors (Lipinski definition) is 0. The lowest BCUT2D eigenvalue weighted by Gasteiger charge is -2.31. The van der Waals surface area contributed by atoms with Crippen LogP contribution in [0, 0.1) is 0 Å². The van der Waals surface area contributed by atoms with Crippen LogP contribution in [0.3, 0.4) is 0 Å². The molecule has 0 aromatic heterocycles. The number of nitrogens with zero attached hydrogens (tertiary/aromatic N) is 2. The van der Waals surface area contributed by atoms with Crippen LogP contribution in [-0.4, -0.2) is 38.6 Å². The third kappa shape index (κ3) is 3.74. The number of unbranched alkanes of at least 4 members (excludes halogenated alkanes) is 2. The van der Waals surface area contributed by atoms with Crippen molar-refractivity contribution in [1.29, 1.82) is 0 Å². The van der Waals surface area contributed by atoms with Crippen LogP contribution >= 0.6 is 0 Å². The van der Waals surface area contributed by atoms with E-state index >= 15 is 0 Å². The molecule has 1 aliphatic heterocycles. The molecule has 0 aliphatic carbocycles. The Bertz CT molecular complexity index is 360. The minimum Gasteiger partial charge on any atom is -0.371 e. The Balaban J connectivity index is 1.77. The van der Waals surface area contributed by atoms with Crippen LogP contribution in [0.1, 0.15) is 31.2 Å². The minimum atomic E-state index is 1.22. The van der Waals surface area contributed by atoms with Gasteiger partial charge in [-0.05, 0) is 58.0 Å². The number of para-hydroxylation sites is 1. The van der Waals surface area contributed by atoms with Crippen molar-refractivity contribution in [3.8, 4) is 0 Å². The van der Waals surface area contributed by atoms with Gasteiger partial charge in [0.1, 0.15) is 0 Å². The highest BCUT2D eigenvalue weighted by molar-refractivity contribution is 5.55. The van der Waals surface area contributed by atoms with Crippen LogP contribution in [0.4, 0.5) is 5.69 Å². The second-order valence-electron chi connectivity index (χ2n) is 5.58. The molecule has 1 aromatic rings. The van der Waals surface area contributed by atoms with Crippen LogP contribution in [-0.2, 0) is 6.42 Å². The van der Waals surface area contributed by atoms with E-state index in [0.717, 1.165) is 0 Å². The Morgan fingerprint density at radius 1 is 1.11 bits per heavy atom. The molecular weight excluding hydrogens is 220 g/mol. The smallest absolute Gasteiger partial charge is 0.0398 e. The van der Waals surface area contributed by atoms with Crippen molar-refractivity contribution >= 4 is 5.69 Å². The van der Waals surface area contributed by atoms with Gasteiger partial charge in [-0.1, -0.05) is 24.6 Å². The van der Waals surface area contributed by atoms with Crippen molar-refractivity contribution in [1.82, 2.24) is 4.90 Å². The molecule has 0 amide bonds. The van der Waals surface area contributed by atoms with E-state index in [1.54, 1.807) is 0 Å². The molecule has 0 saturated carbocycles. The SMILES string of the molecule is CN(C)CCCCCN1CCCc2ccccc21. The molecule has 0 saturated heterocycles.